The van der Waals surface area contributed by atoms with Crippen molar-refractivity contribution in [2.24, 2.45) is 5.41 Å². The van der Waals surface area contributed by atoms with Gasteiger partial charge < -0.3 is 4.74 Å². The molecule has 1 unspecified atom stereocenters. The monoisotopic (exact) mass is 324 g/mol. The SMILES string of the molecule is CCCCCCCCCCCCCCC1(CC)CC(=O)OC1=O. The number of cyclic esters (lactones) is 2. The molecule has 1 atom stereocenters. The normalized spacial score (nSPS) is 21.0. The molecule has 3 heteroatoms. The number of hydrogen-bond acceptors (Lipinski definition) is 3. The number of unbranched alkanes of at least 4 members (excludes halogenated alkanes) is 11. The zero-order chi connectivity index (χ0) is 17.0. The minimum absolute atomic E-state index is 0.284. The molecule has 134 valence electrons. The summed E-state index contributed by atoms with van der Waals surface area (Å²) < 4.78 is 4.75. The van der Waals surface area contributed by atoms with Crippen LogP contribution in [0.5, 0.6) is 0 Å². The van der Waals surface area contributed by atoms with Crippen LogP contribution in [-0.2, 0) is 14.3 Å². The van der Waals surface area contributed by atoms with E-state index in [0.29, 0.717) is 6.42 Å². The topological polar surface area (TPSA) is 43.4 Å². The highest BCUT2D eigenvalue weighted by Crippen LogP contribution is 2.39. The lowest BCUT2D eigenvalue weighted by atomic mass is 9.79. The zero-order valence-electron chi connectivity index (χ0n) is 15.3. The molecule has 3 nitrogen and oxygen atoms in total. The molecule has 1 heterocycles. The third kappa shape index (κ3) is 7.50. The summed E-state index contributed by atoms with van der Waals surface area (Å²) in [7, 11) is 0. The van der Waals surface area contributed by atoms with Crippen LogP contribution >= 0.6 is 0 Å². The van der Waals surface area contributed by atoms with Crippen LogP contribution in [0.15, 0.2) is 0 Å². The summed E-state index contributed by atoms with van der Waals surface area (Å²) in [5, 5.41) is 0. The second-order valence-corrected chi connectivity index (χ2v) is 7.21. The van der Waals surface area contributed by atoms with Gasteiger partial charge in [-0.15, -0.1) is 0 Å². The van der Waals surface area contributed by atoms with Crippen LogP contribution in [0.1, 0.15) is 110 Å². The van der Waals surface area contributed by atoms with Crippen molar-refractivity contribution in [3.8, 4) is 0 Å². The molecule has 0 aromatic rings. The van der Waals surface area contributed by atoms with E-state index in [0.717, 1.165) is 19.3 Å². The molecule has 1 fully saturated rings. The molecule has 1 rings (SSSR count). The van der Waals surface area contributed by atoms with Gasteiger partial charge >= 0.3 is 11.9 Å². The summed E-state index contributed by atoms with van der Waals surface area (Å²) >= 11 is 0. The van der Waals surface area contributed by atoms with Gasteiger partial charge in [-0.25, -0.2) is 0 Å². The smallest absolute Gasteiger partial charge is 0.320 e. The van der Waals surface area contributed by atoms with Crippen LogP contribution < -0.4 is 0 Å². The molecule has 0 spiro atoms. The minimum atomic E-state index is -0.504. The van der Waals surface area contributed by atoms with Gasteiger partial charge in [0.15, 0.2) is 0 Å². The Labute approximate surface area is 142 Å². The van der Waals surface area contributed by atoms with Crippen LogP contribution in [0.25, 0.3) is 0 Å². The van der Waals surface area contributed by atoms with Crippen molar-refractivity contribution < 1.29 is 14.3 Å². The average Bonchev–Trinajstić information content (AvgIpc) is 2.82. The Bertz CT molecular complexity index is 351. The second kappa shape index (κ2) is 11.6. The molecular weight excluding hydrogens is 288 g/mol. The van der Waals surface area contributed by atoms with E-state index < -0.39 is 5.41 Å². The first-order valence-corrected chi connectivity index (χ1v) is 9.89. The highest BCUT2D eigenvalue weighted by molar-refractivity contribution is 5.97. The molecule has 0 N–H and O–H groups in total. The highest BCUT2D eigenvalue weighted by atomic mass is 16.6. The molecule has 0 aromatic heterocycles. The van der Waals surface area contributed by atoms with Crippen molar-refractivity contribution in [2.45, 2.75) is 110 Å². The first-order valence-electron chi connectivity index (χ1n) is 9.89. The van der Waals surface area contributed by atoms with Crippen LogP contribution in [0, 0.1) is 5.41 Å². The fourth-order valence-electron chi connectivity index (χ4n) is 3.54. The molecule has 1 aliphatic rings. The van der Waals surface area contributed by atoms with E-state index in [1.165, 1.54) is 70.6 Å². The lowest BCUT2D eigenvalue weighted by Gasteiger charge is -2.21. The Morgan fingerprint density at radius 3 is 1.65 bits per heavy atom. The highest BCUT2D eigenvalue weighted by Gasteiger charge is 2.46. The number of hydrogen-bond donors (Lipinski definition) is 0. The molecule has 1 aliphatic heterocycles. The van der Waals surface area contributed by atoms with Crippen molar-refractivity contribution in [1.29, 1.82) is 0 Å². The van der Waals surface area contributed by atoms with E-state index in [4.69, 9.17) is 4.74 Å². The van der Waals surface area contributed by atoms with Crippen molar-refractivity contribution in [3.63, 3.8) is 0 Å². The van der Waals surface area contributed by atoms with Gasteiger partial charge in [-0.2, -0.15) is 0 Å². The second-order valence-electron chi connectivity index (χ2n) is 7.21. The average molecular weight is 325 g/mol. The van der Waals surface area contributed by atoms with Gasteiger partial charge in [-0.05, 0) is 12.8 Å². The Morgan fingerprint density at radius 1 is 0.783 bits per heavy atom. The summed E-state index contributed by atoms with van der Waals surface area (Å²) in [6.45, 7) is 4.25. The Hall–Kier alpha value is -0.860. The molecule has 0 bridgehead atoms. The van der Waals surface area contributed by atoms with Gasteiger partial charge in [-0.1, -0.05) is 90.9 Å². The molecule has 0 radical (unpaired) electrons. The third-order valence-corrected chi connectivity index (χ3v) is 5.31. The fraction of sp³-hybridized carbons (Fsp3) is 0.900. The van der Waals surface area contributed by atoms with Crippen molar-refractivity contribution >= 4 is 11.9 Å². The third-order valence-electron chi connectivity index (χ3n) is 5.31. The maximum Gasteiger partial charge on any atom is 0.320 e. The van der Waals surface area contributed by atoms with Gasteiger partial charge in [0, 0.05) is 0 Å². The van der Waals surface area contributed by atoms with Crippen LogP contribution in [0.3, 0.4) is 0 Å². The van der Waals surface area contributed by atoms with Gasteiger partial charge in [0.05, 0.1) is 11.8 Å². The van der Waals surface area contributed by atoms with Gasteiger partial charge in [0.25, 0.3) is 0 Å². The number of carbonyl (C=O) groups is 2. The maximum atomic E-state index is 11.8. The Balaban J connectivity index is 1.95. The molecule has 23 heavy (non-hydrogen) atoms. The summed E-state index contributed by atoms with van der Waals surface area (Å²) in [4.78, 5) is 23.1. The van der Waals surface area contributed by atoms with Gasteiger partial charge in [0.1, 0.15) is 0 Å². The number of esters is 2. The largest absolute Gasteiger partial charge is 0.393 e. The molecule has 1 saturated heterocycles. The number of rotatable bonds is 14. The lowest BCUT2D eigenvalue weighted by Crippen LogP contribution is -2.25. The standard InChI is InChI=1S/C20H36O3/c1-3-5-6-7-8-9-10-11-12-13-14-15-16-20(4-2)17-18(21)23-19(20)22/h3-17H2,1-2H3. The van der Waals surface area contributed by atoms with Gasteiger partial charge in [-0.3, -0.25) is 9.59 Å². The van der Waals surface area contributed by atoms with E-state index >= 15 is 0 Å². The first-order chi connectivity index (χ1) is 11.1. The van der Waals surface area contributed by atoms with Crippen LogP contribution in [0.4, 0.5) is 0 Å². The lowest BCUT2D eigenvalue weighted by molar-refractivity contribution is -0.155. The molecular formula is C20H36O3. The molecule has 0 aliphatic carbocycles. The van der Waals surface area contributed by atoms with E-state index in [9.17, 15) is 9.59 Å². The summed E-state index contributed by atoms with van der Waals surface area (Å²) in [6.07, 6.45) is 17.6. The minimum Gasteiger partial charge on any atom is -0.393 e. The fourth-order valence-corrected chi connectivity index (χ4v) is 3.54. The maximum absolute atomic E-state index is 11.8. The summed E-state index contributed by atoms with van der Waals surface area (Å²) in [6, 6.07) is 0. The predicted molar refractivity (Wildman–Crippen MR) is 94.1 cm³/mol. The molecule has 0 amide bonds. The first kappa shape index (κ1) is 20.2. The molecule has 0 aromatic carbocycles. The van der Waals surface area contributed by atoms with Crippen molar-refractivity contribution in [3.05, 3.63) is 0 Å². The summed E-state index contributed by atoms with van der Waals surface area (Å²) in [5.41, 5.74) is -0.504. The molecule has 0 saturated carbocycles. The van der Waals surface area contributed by atoms with E-state index in [2.05, 4.69) is 6.92 Å². The van der Waals surface area contributed by atoms with Crippen molar-refractivity contribution in [2.75, 3.05) is 0 Å². The Kier molecular flexibility index (Phi) is 10.2. The van der Waals surface area contributed by atoms with Crippen LogP contribution in [0.2, 0.25) is 0 Å². The zero-order valence-corrected chi connectivity index (χ0v) is 15.3. The predicted octanol–water partition coefficient (Wildman–Crippen LogP) is 5.95. The Morgan fingerprint density at radius 2 is 1.26 bits per heavy atom. The van der Waals surface area contributed by atoms with E-state index in [1.807, 2.05) is 6.92 Å². The quantitative estimate of drug-likeness (QED) is 0.225. The number of ether oxygens (including phenoxy) is 1. The van der Waals surface area contributed by atoms with Crippen LogP contribution in [-0.4, -0.2) is 11.9 Å². The van der Waals surface area contributed by atoms with E-state index in [1.54, 1.807) is 0 Å². The summed E-state index contributed by atoms with van der Waals surface area (Å²) in [5.74, 6) is -0.621. The van der Waals surface area contributed by atoms with Gasteiger partial charge in [0.2, 0.25) is 0 Å². The van der Waals surface area contributed by atoms with Crippen molar-refractivity contribution in [1.82, 2.24) is 0 Å². The number of carbonyl (C=O) groups excluding carboxylic acids is 2. The van der Waals surface area contributed by atoms with E-state index in [-0.39, 0.29) is 11.9 Å².